The second-order valence-corrected chi connectivity index (χ2v) is 7.61. The summed E-state index contributed by atoms with van der Waals surface area (Å²) in [5.41, 5.74) is 2.60. The van der Waals surface area contributed by atoms with E-state index in [1.807, 2.05) is 13.2 Å². The Morgan fingerprint density at radius 2 is 2.12 bits per heavy atom. The maximum Gasteiger partial charge on any atom is 0.191 e. The zero-order valence-corrected chi connectivity index (χ0v) is 16.6. The highest BCUT2D eigenvalue weighted by molar-refractivity contribution is 7.07. The van der Waals surface area contributed by atoms with E-state index in [1.54, 1.807) is 11.3 Å². The number of thiophene rings is 1. The predicted octanol–water partition coefficient (Wildman–Crippen LogP) is 3.60. The van der Waals surface area contributed by atoms with Gasteiger partial charge in [-0.05, 0) is 65.3 Å². The number of hydrogen-bond donors (Lipinski definition) is 2. The van der Waals surface area contributed by atoms with Crippen molar-refractivity contribution in [1.29, 1.82) is 0 Å². The van der Waals surface area contributed by atoms with Gasteiger partial charge in [0, 0.05) is 39.4 Å². The van der Waals surface area contributed by atoms with Crippen LogP contribution in [-0.4, -0.2) is 37.6 Å². The third-order valence-electron chi connectivity index (χ3n) is 4.86. The van der Waals surface area contributed by atoms with E-state index in [0.717, 1.165) is 38.0 Å². The van der Waals surface area contributed by atoms with Gasteiger partial charge in [-0.3, -0.25) is 4.99 Å². The van der Waals surface area contributed by atoms with Gasteiger partial charge in [0.1, 0.15) is 5.82 Å². The molecule has 1 atom stereocenters. The van der Waals surface area contributed by atoms with Crippen LogP contribution in [0.3, 0.4) is 0 Å². The van der Waals surface area contributed by atoms with Crippen molar-refractivity contribution in [3.05, 3.63) is 46.3 Å². The fourth-order valence-electron chi connectivity index (χ4n) is 3.20. The largest absolute Gasteiger partial charge is 0.357 e. The molecule has 26 heavy (non-hydrogen) atoms. The summed E-state index contributed by atoms with van der Waals surface area (Å²) in [7, 11) is 1.82. The van der Waals surface area contributed by atoms with Crippen LogP contribution in [0.4, 0.5) is 5.82 Å². The van der Waals surface area contributed by atoms with Crippen LogP contribution in [0.15, 0.2) is 40.1 Å². The SMILES string of the molecule is CN=C(NCc1ccnc(N2CCCCC2)c1)NCC(C)c1ccsc1. The monoisotopic (exact) mass is 371 g/mol. The second-order valence-electron chi connectivity index (χ2n) is 6.83. The van der Waals surface area contributed by atoms with E-state index in [2.05, 4.69) is 61.4 Å². The van der Waals surface area contributed by atoms with Gasteiger partial charge in [-0.15, -0.1) is 0 Å². The van der Waals surface area contributed by atoms with Crippen molar-refractivity contribution in [3.8, 4) is 0 Å². The van der Waals surface area contributed by atoms with Crippen LogP contribution >= 0.6 is 11.3 Å². The zero-order valence-electron chi connectivity index (χ0n) is 15.7. The molecule has 0 amide bonds. The highest BCUT2D eigenvalue weighted by Crippen LogP contribution is 2.18. The van der Waals surface area contributed by atoms with E-state index >= 15 is 0 Å². The molecule has 0 bridgehead atoms. The molecule has 0 radical (unpaired) electrons. The van der Waals surface area contributed by atoms with Crippen LogP contribution in [0.1, 0.15) is 43.2 Å². The minimum absolute atomic E-state index is 0.464. The number of piperidine rings is 1. The van der Waals surface area contributed by atoms with Gasteiger partial charge in [0.2, 0.25) is 0 Å². The van der Waals surface area contributed by atoms with E-state index in [9.17, 15) is 0 Å². The average molecular weight is 372 g/mol. The molecule has 6 heteroatoms. The van der Waals surface area contributed by atoms with Gasteiger partial charge in [0.15, 0.2) is 5.96 Å². The molecule has 3 rings (SSSR count). The molecule has 3 heterocycles. The molecule has 140 valence electrons. The molecule has 0 spiro atoms. The predicted molar refractivity (Wildman–Crippen MR) is 111 cm³/mol. The van der Waals surface area contributed by atoms with Crippen molar-refractivity contribution >= 4 is 23.1 Å². The smallest absolute Gasteiger partial charge is 0.191 e. The fourth-order valence-corrected chi connectivity index (χ4v) is 3.98. The Labute approximate surface area is 160 Å². The summed E-state index contributed by atoms with van der Waals surface area (Å²) in [6.07, 6.45) is 5.78. The van der Waals surface area contributed by atoms with Crippen LogP contribution in [0.5, 0.6) is 0 Å². The Balaban J connectivity index is 1.50. The highest BCUT2D eigenvalue weighted by atomic mass is 32.1. The van der Waals surface area contributed by atoms with Crippen molar-refractivity contribution in [2.45, 2.75) is 38.6 Å². The van der Waals surface area contributed by atoms with Crippen LogP contribution < -0.4 is 15.5 Å². The molecule has 1 fully saturated rings. The molecule has 1 aliphatic rings. The molecular weight excluding hydrogens is 342 g/mol. The molecule has 0 aliphatic carbocycles. The highest BCUT2D eigenvalue weighted by Gasteiger charge is 2.12. The third-order valence-corrected chi connectivity index (χ3v) is 5.56. The number of pyridine rings is 1. The summed E-state index contributed by atoms with van der Waals surface area (Å²) in [5, 5.41) is 11.2. The Bertz CT molecular complexity index is 692. The number of nitrogens with zero attached hydrogens (tertiary/aromatic N) is 3. The number of rotatable bonds is 6. The van der Waals surface area contributed by atoms with E-state index in [0.29, 0.717) is 5.92 Å². The van der Waals surface area contributed by atoms with Gasteiger partial charge in [0.25, 0.3) is 0 Å². The summed E-state index contributed by atoms with van der Waals surface area (Å²) in [6.45, 7) is 6.08. The minimum Gasteiger partial charge on any atom is -0.357 e. The number of anilines is 1. The molecule has 1 aliphatic heterocycles. The van der Waals surface area contributed by atoms with Gasteiger partial charge in [-0.1, -0.05) is 6.92 Å². The fraction of sp³-hybridized carbons (Fsp3) is 0.500. The molecule has 2 aromatic rings. The quantitative estimate of drug-likeness (QED) is 0.602. The third kappa shape index (κ3) is 5.21. The molecular formula is C20H29N5S. The first-order valence-electron chi connectivity index (χ1n) is 9.43. The number of aliphatic imine (C=N–C) groups is 1. The van der Waals surface area contributed by atoms with Crippen LogP contribution in [0.2, 0.25) is 0 Å². The Hall–Kier alpha value is -2.08. The van der Waals surface area contributed by atoms with Crippen LogP contribution in [0.25, 0.3) is 0 Å². The Kier molecular flexibility index (Phi) is 6.89. The summed E-state index contributed by atoms with van der Waals surface area (Å²) >= 11 is 1.74. The first kappa shape index (κ1) is 18.7. The Morgan fingerprint density at radius 3 is 2.85 bits per heavy atom. The topological polar surface area (TPSA) is 52.6 Å². The maximum atomic E-state index is 4.55. The lowest BCUT2D eigenvalue weighted by atomic mass is 10.1. The van der Waals surface area contributed by atoms with Crippen molar-refractivity contribution in [2.24, 2.45) is 4.99 Å². The number of nitrogens with one attached hydrogen (secondary N) is 2. The lowest BCUT2D eigenvalue weighted by Crippen LogP contribution is -2.38. The molecule has 1 unspecified atom stereocenters. The van der Waals surface area contributed by atoms with Gasteiger partial charge >= 0.3 is 0 Å². The van der Waals surface area contributed by atoms with Gasteiger partial charge in [0.05, 0.1) is 0 Å². The molecule has 0 aromatic carbocycles. The van der Waals surface area contributed by atoms with E-state index < -0.39 is 0 Å². The molecule has 5 nitrogen and oxygen atoms in total. The zero-order chi connectivity index (χ0) is 18.2. The van der Waals surface area contributed by atoms with Crippen LogP contribution in [-0.2, 0) is 6.54 Å². The van der Waals surface area contributed by atoms with Crippen molar-refractivity contribution < 1.29 is 0 Å². The maximum absolute atomic E-state index is 4.55. The Morgan fingerprint density at radius 1 is 1.27 bits per heavy atom. The minimum atomic E-state index is 0.464. The van der Waals surface area contributed by atoms with Crippen molar-refractivity contribution in [3.63, 3.8) is 0 Å². The van der Waals surface area contributed by atoms with Crippen molar-refractivity contribution in [1.82, 2.24) is 15.6 Å². The second kappa shape index (κ2) is 9.57. The lowest BCUT2D eigenvalue weighted by molar-refractivity contribution is 0.573. The van der Waals surface area contributed by atoms with E-state index in [-0.39, 0.29) is 0 Å². The van der Waals surface area contributed by atoms with Gasteiger partial charge in [-0.25, -0.2) is 4.98 Å². The molecule has 0 saturated carbocycles. The van der Waals surface area contributed by atoms with E-state index in [4.69, 9.17) is 0 Å². The summed E-state index contributed by atoms with van der Waals surface area (Å²) in [5.74, 6) is 2.40. The normalized spacial score (nSPS) is 16.4. The molecule has 2 N–H and O–H groups in total. The average Bonchev–Trinajstić information content (AvgIpc) is 3.24. The van der Waals surface area contributed by atoms with Crippen LogP contribution in [0, 0.1) is 0 Å². The summed E-state index contributed by atoms with van der Waals surface area (Å²) < 4.78 is 0. The lowest BCUT2D eigenvalue weighted by Gasteiger charge is -2.28. The number of guanidine groups is 1. The molecule has 1 saturated heterocycles. The van der Waals surface area contributed by atoms with Crippen molar-refractivity contribution in [2.75, 3.05) is 31.6 Å². The standard InChI is InChI=1S/C20H29N5S/c1-16(18-7-11-26-15-18)13-23-20(21-2)24-14-17-6-8-22-19(12-17)25-9-4-3-5-10-25/h6-8,11-12,15-16H,3-5,9-10,13-14H2,1-2H3,(H2,21,23,24). The summed E-state index contributed by atoms with van der Waals surface area (Å²) in [6, 6.07) is 6.45. The van der Waals surface area contributed by atoms with E-state index in [1.165, 1.54) is 30.4 Å². The number of hydrogen-bond acceptors (Lipinski definition) is 4. The first-order valence-corrected chi connectivity index (χ1v) is 10.4. The first-order chi connectivity index (χ1) is 12.8. The number of aromatic nitrogens is 1. The van der Waals surface area contributed by atoms with Gasteiger partial charge < -0.3 is 15.5 Å². The molecule has 2 aromatic heterocycles. The van der Waals surface area contributed by atoms with Gasteiger partial charge in [-0.2, -0.15) is 11.3 Å². The summed E-state index contributed by atoms with van der Waals surface area (Å²) in [4.78, 5) is 11.3.